The molecule has 6 heteroatoms. The lowest BCUT2D eigenvalue weighted by Crippen LogP contribution is -2.15. The van der Waals surface area contributed by atoms with E-state index < -0.39 is 0 Å². The Balaban J connectivity index is 1.63. The van der Waals surface area contributed by atoms with Crippen molar-refractivity contribution in [1.82, 2.24) is 19.7 Å². The molecule has 0 aromatic carbocycles. The molecule has 3 aromatic rings. The molecule has 1 fully saturated rings. The summed E-state index contributed by atoms with van der Waals surface area (Å²) in [5, 5.41) is 9.86. The summed E-state index contributed by atoms with van der Waals surface area (Å²) >= 11 is 1.72. The lowest BCUT2D eigenvalue weighted by atomic mass is 9.95. The van der Waals surface area contributed by atoms with Gasteiger partial charge in [-0.05, 0) is 36.6 Å². The van der Waals surface area contributed by atoms with Gasteiger partial charge in [0.05, 0.1) is 6.26 Å². The minimum atomic E-state index is 0.463. The first-order valence-electron chi connectivity index (χ1n) is 8.42. The van der Waals surface area contributed by atoms with Crippen LogP contribution < -0.4 is 0 Å². The van der Waals surface area contributed by atoms with E-state index in [1.165, 1.54) is 37.7 Å². The second-order valence-electron chi connectivity index (χ2n) is 6.10. The van der Waals surface area contributed by atoms with Crippen molar-refractivity contribution >= 4 is 11.8 Å². The van der Waals surface area contributed by atoms with Crippen LogP contribution in [0.4, 0.5) is 0 Å². The van der Waals surface area contributed by atoms with Crippen LogP contribution in [0.2, 0.25) is 0 Å². The summed E-state index contributed by atoms with van der Waals surface area (Å²) in [6.45, 7) is 0. The number of hydrogen-bond acceptors (Lipinski definition) is 5. The monoisotopic (exact) mass is 340 g/mol. The molecule has 3 aromatic heterocycles. The van der Waals surface area contributed by atoms with Gasteiger partial charge in [0.1, 0.15) is 0 Å². The molecule has 0 amide bonds. The third-order valence-corrected chi connectivity index (χ3v) is 5.45. The van der Waals surface area contributed by atoms with Gasteiger partial charge >= 0.3 is 0 Å². The number of hydrogen-bond donors (Lipinski definition) is 0. The maximum Gasteiger partial charge on any atom is 0.200 e. The zero-order valence-electron chi connectivity index (χ0n) is 13.5. The van der Waals surface area contributed by atoms with Crippen molar-refractivity contribution in [3.63, 3.8) is 0 Å². The predicted molar refractivity (Wildman–Crippen MR) is 93.6 cm³/mol. The first-order chi connectivity index (χ1) is 11.9. The quantitative estimate of drug-likeness (QED) is 0.628. The summed E-state index contributed by atoms with van der Waals surface area (Å²) in [6.07, 6.45) is 11.6. The second kappa shape index (κ2) is 7.21. The van der Waals surface area contributed by atoms with Crippen molar-refractivity contribution in [2.24, 2.45) is 0 Å². The SMILES string of the molecule is c1cncc(CSc2nnc(-c3ccco3)n2C2CCCCC2)c1. The van der Waals surface area contributed by atoms with Crippen molar-refractivity contribution in [3.8, 4) is 11.6 Å². The molecule has 0 saturated heterocycles. The van der Waals surface area contributed by atoms with Gasteiger partial charge in [-0.2, -0.15) is 0 Å². The van der Waals surface area contributed by atoms with Gasteiger partial charge in [0.25, 0.3) is 0 Å². The Morgan fingerprint density at radius 1 is 1.12 bits per heavy atom. The van der Waals surface area contributed by atoms with Crippen LogP contribution >= 0.6 is 11.8 Å². The fraction of sp³-hybridized carbons (Fsp3) is 0.389. The maximum atomic E-state index is 5.58. The molecule has 0 unspecified atom stereocenters. The van der Waals surface area contributed by atoms with Gasteiger partial charge in [0.2, 0.25) is 5.82 Å². The first kappa shape index (κ1) is 15.4. The summed E-state index contributed by atoms with van der Waals surface area (Å²) in [5.41, 5.74) is 1.19. The van der Waals surface area contributed by atoms with E-state index in [4.69, 9.17) is 4.42 Å². The Hall–Kier alpha value is -2.08. The molecule has 1 aliphatic carbocycles. The highest BCUT2D eigenvalue weighted by Gasteiger charge is 2.24. The minimum Gasteiger partial charge on any atom is -0.461 e. The third-order valence-electron chi connectivity index (χ3n) is 4.44. The molecule has 0 bridgehead atoms. The Labute approximate surface area is 145 Å². The van der Waals surface area contributed by atoms with Gasteiger partial charge in [-0.15, -0.1) is 10.2 Å². The Bertz CT molecular complexity index is 764. The van der Waals surface area contributed by atoms with E-state index in [9.17, 15) is 0 Å². The van der Waals surface area contributed by atoms with E-state index in [2.05, 4.69) is 25.8 Å². The van der Waals surface area contributed by atoms with E-state index in [-0.39, 0.29) is 0 Å². The molecule has 3 heterocycles. The van der Waals surface area contributed by atoms with Crippen molar-refractivity contribution in [3.05, 3.63) is 48.5 Å². The molecule has 24 heavy (non-hydrogen) atoms. The molecule has 5 nitrogen and oxygen atoms in total. The molecule has 0 radical (unpaired) electrons. The van der Waals surface area contributed by atoms with E-state index >= 15 is 0 Å². The number of aromatic nitrogens is 4. The number of furan rings is 1. The van der Waals surface area contributed by atoms with Crippen molar-refractivity contribution in [2.45, 2.75) is 49.1 Å². The van der Waals surface area contributed by atoms with Crippen LogP contribution in [-0.4, -0.2) is 19.7 Å². The molecule has 0 atom stereocenters. The molecule has 0 aliphatic heterocycles. The minimum absolute atomic E-state index is 0.463. The van der Waals surface area contributed by atoms with E-state index in [0.717, 1.165) is 22.5 Å². The number of thioether (sulfide) groups is 1. The molecule has 124 valence electrons. The Morgan fingerprint density at radius 2 is 2.04 bits per heavy atom. The van der Waals surface area contributed by atoms with Gasteiger partial charge in [-0.1, -0.05) is 37.1 Å². The van der Waals surface area contributed by atoms with Crippen LogP contribution in [0.25, 0.3) is 11.6 Å². The van der Waals surface area contributed by atoms with Crippen LogP contribution in [-0.2, 0) is 5.75 Å². The average molecular weight is 340 g/mol. The lowest BCUT2D eigenvalue weighted by molar-refractivity contribution is 0.337. The first-order valence-corrected chi connectivity index (χ1v) is 9.41. The van der Waals surface area contributed by atoms with Crippen LogP contribution in [0.1, 0.15) is 43.7 Å². The third kappa shape index (κ3) is 3.24. The van der Waals surface area contributed by atoms with Gasteiger partial charge in [-0.25, -0.2) is 0 Å². The van der Waals surface area contributed by atoms with Crippen molar-refractivity contribution in [1.29, 1.82) is 0 Å². The van der Waals surface area contributed by atoms with Crippen molar-refractivity contribution < 1.29 is 4.42 Å². The molecule has 1 saturated carbocycles. The number of nitrogens with zero attached hydrogens (tertiary/aromatic N) is 4. The molecule has 0 spiro atoms. The number of pyridine rings is 1. The highest BCUT2D eigenvalue weighted by molar-refractivity contribution is 7.98. The summed E-state index contributed by atoms with van der Waals surface area (Å²) in [6, 6.07) is 8.38. The maximum absolute atomic E-state index is 5.58. The van der Waals surface area contributed by atoms with Crippen LogP contribution in [0.3, 0.4) is 0 Å². The largest absolute Gasteiger partial charge is 0.461 e. The Kier molecular flexibility index (Phi) is 4.64. The summed E-state index contributed by atoms with van der Waals surface area (Å²) in [4.78, 5) is 4.18. The Morgan fingerprint density at radius 3 is 2.79 bits per heavy atom. The standard InChI is InChI=1S/C18H20N4OS/c1-2-7-15(8-3-1)22-17(16-9-5-11-23-16)20-21-18(22)24-13-14-6-4-10-19-12-14/h4-6,9-12,15H,1-3,7-8,13H2. The number of rotatable bonds is 5. The topological polar surface area (TPSA) is 56.7 Å². The van der Waals surface area contributed by atoms with Crippen molar-refractivity contribution in [2.75, 3.05) is 0 Å². The summed E-state index contributed by atoms with van der Waals surface area (Å²) < 4.78 is 7.88. The zero-order chi connectivity index (χ0) is 16.2. The van der Waals surface area contributed by atoms with Crippen LogP contribution in [0.5, 0.6) is 0 Å². The zero-order valence-corrected chi connectivity index (χ0v) is 14.3. The fourth-order valence-electron chi connectivity index (χ4n) is 3.25. The predicted octanol–water partition coefficient (Wildman–Crippen LogP) is 4.73. The summed E-state index contributed by atoms with van der Waals surface area (Å²) in [5.74, 6) is 2.48. The van der Waals surface area contributed by atoms with Gasteiger partial charge in [-0.3, -0.25) is 9.55 Å². The normalized spacial score (nSPS) is 15.7. The molecule has 1 aliphatic rings. The average Bonchev–Trinajstić information content (AvgIpc) is 3.31. The van der Waals surface area contributed by atoms with Gasteiger partial charge < -0.3 is 4.42 Å². The highest BCUT2D eigenvalue weighted by Crippen LogP contribution is 2.36. The molecular weight excluding hydrogens is 320 g/mol. The summed E-state index contributed by atoms with van der Waals surface area (Å²) in [7, 11) is 0. The van der Waals surface area contributed by atoms with Crippen LogP contribution in [0.15, 0.2) is 52.5 Å². The van der Waals surface area contributed by atoms with E-state index in [0.29, 0.717) is 6.04 Å². The smallest absolute Gasteiger partial charge is 0.200 e. The molecule has 4 rings (SSSR count). The highest BCUT2D eigenvalue weighted by atomic mass is 32.2. The van der Waals surface area contributed by atoms with Crippen LogP contribution in [0, 0.1) is 0 Å². The van der Waals surface area contributed by atoms with E-state index in [1.54, 1.807) is 24.2 Å². The molecule has 0 N–H and O–H groups in total. The second-order valence-corrected chi connectivity index (χ2v) is 7.04. The van der Waals surface area contributed by atoms with Gasteiger partial charge in [0, 0.05) is 24.2 Å². The molecular formula is C18H20N4OS. The fourth-order valence-corrected chi connectivity index (χ4v) is 4.19. The van der Waals surface area contributed by atoms with Gasteiger partial charge in [0.15, 0.2) is 10.9 Å². The van der Waals surface area contributed by atoms with E-state index in [1.807, 2.05) is 24.4 Å². The lowest BCUT2D eigenvalue weighted by Gasteiger charge is -2.25.